The van der Waals surface area contributed by atoms with Crippen molar-refractivity contribution >= 4 is 11.9 Å². The number of amides is 1. The number of carbonyl (C=O) groups is 2. The maximum atomic E-state index is 12.0. The summed E-state index contributed by atoms with van der Waals surface area (Å²) in [6, 6.07) is 9.78. The van der Waals surface area contributed by atoms with Crippen LogP contribution in [0, 0.1) is 0 Å². The number of hydrogen-bond acceptors (Lipinski definition) is 2. The molecule has 4 nitrogen and oxygen atoms in total. The lowest BCUT2D eigenvalue weighted by Gasteiger charge is -2.25. The molecule has 1 aliphatic carbocycles. The van der Waals surface area contributed by atoms with Crippen LogP contribution in [0.2, 0.25) is 0 Å². The minimum Gasteiger partial charge on any atom is -0.480 e. The Kier molecular flexibility index (Phi) is 3.35. The molecular weight excluding hydrogens is 242 g/mol. The lowest BCUT2D eigenvalue weighted by molar-refractivity contribution is -0.143. The summed E-state index contributed by atoms with van der Waals surface area (Å²) in [6.07, 6.45) is 1.34. The van der Waals surface area contributed by atoms with Crippen molar-refractivity contribution in [2.45, 2.75) is 44.1 Å². The van der Waals surface area contributed by atoms with Crippen molar-refractivity contribution < 1.29 is 14.7 Å². The van der Waals surface area contributed by atoms with Crippen LogP contribution >= 0.6 is 0 Å². The quantitative estimate of drug-likeness (QED) is 0.853. The molecule has 0 aromatic heterocycles. The van der Waals surface area contributed by atoms with Gasteiger partial charge in [-0.05, 0) is 23.8 Å². The first kappa shape index (κ1) is 13.6. The van der Waals surface area contributed by atoms with Crippen LogP contribution in [0.15, 0.2) is 30.3 Å². The second kappa shape index (κ2) is 4.68. The highest BCUT2D eigenvalue weighted by atomic mass is 16.4. The second-order valence-electron chi connectivity index (χ2n) is 5.86. The molecule has 2 N–H and O–H groups in total. The summed E-state index contributed by atoms with van der Waals surface area (Å²) in [5.74, 6) is -1.13. The third kappa shape index (κ3) is 2.95. The molecule has 102 valence electrons. The van der Waals surface area contributed by atoms with Gasteiger partial charge in [-0.2, -0.15) is 0 Å². The van der Waals surface area contributed by atoms with E-state index >= 15 is 0 Å². The first-order valence-corrected chi connectivity index (χ1v) is 6.46. The van der Waals surface area contributed by atoms with Crippen LogP contribution in [-0.2, 0) is 15.0 Å². The van der Waals surface area contributed by atoms with Crippen molar-refractivity contribution in [1.29, 1.82) is 0 Å². The first-order chi connectivity index (χ1) is 8.86. The van der Waals surface area contributed by atoms with Crippen LogP contribution in [0.1, 0.15) is 38.7 Å². The molecule has 0 atom stereocenters. The van der Waals surface area contributed by atoms with E-state index in [0.29, 0.717) is 12.8 Å². The van der Waals surface area contributed by atoms with E-state index in [-0.39, 0.29) is 17.7 Å². The summed E-state index contributed by atoms with van der Waals surface area (Å²) < 4.78 is 0. The van der Waals surface area contributed by atoms with E-state index in [1.807, 2.05) is 44.2 Å². The third-order valence-corrected chi connectivity index (χ3v) is 3.70. The molecule has 0 radical (unpaired) electrons. The average Bonchev–Trinajstić information content (AvgIpc) is 3.10. The van der Waals surface area contributed by atoms with Crippen molar-refractivity contribution in [3.05, 3.63) is 35.9 Å². The number of benzene rings is 1. The minimum absolute atomic E-state index is 0.200. The number of carboxylic acid groups (broad SMARTS) is 1. The van der Waals surface area contributed by atoms with Crippen molar-refractivity contribution in [3.8, 4) is 0 Å². The van der Waals surface area contributed by atoms with Gasteiger partial charge in [-0.15, -0.1) is 0 Å². The van der Waals surface area contributed by atoms with E-state index in [2.05, 4.69) is 5.32 Å². The molecule has 1 amide bonds. The van der Waals surface area contributed by atoms with Crippen molar-refractivity contribution in [2.75, 3.05) is 0 Å². The standard InChI is InChI=1S/C15H19NO3/c1-14(2,11-6-4-3-5-7-11)10-12(17)16-15(8-9-15)13(18)19/h3-7H,8-10H2,1-2H3,(H,16,17)(H,18,19). The van der Waals surface area contributed by atoms with E-state index in [4.69, 9.17) is 5.11 Å². The Morgan fingerprint density at radius 3 is 2.32 bits per heavy atom. The molecule has 1 aromatic rings. The van der Waals surface area contributed by atoms with Gasteiger partial charge in [-0.3, -0.25) is 4.79 Å². The van der Waals surface area contributed by atoms with E-state index in [1.54, 1.807) is 0 Å². The van der Waals surface area contributed by atoms with Gasteiger partial charge in [0.25, 0.3) is 0 Å². The van der Waals surface area contributed by atoms with E-state index in [0.717, 1.165) is 5.56 Å². The van der Waals surface area contributed by atoms with Crippen molar-refractivity contribution in [3.63, 3.8) is 0 Å². The fourth-order valence-electron chi connectivity index (χ4n) is 2.22. The largest absolute Gasteiger partial charge is 0.480 e. The lowest BCUT2D eigenvalue weighted by atomic mass is 9.81. The van der Waals surface area contributed by atoms with Gasteiger partial charge in [0.1, 0.15) is 5.54 Å². The van der Waals surface area contributed by atoms with Crippen molar-refractivity contribution in [2.24, 2.45) is 0 Å². The van der Waals surface area contributed by atoms with Crippen LogP contribution in [0.3, 0.4) is 0 Å². The molecule has 0 aliphatic heterocycles. The Hall–Kier alpha value is -1.84. The molecule has 0 saturated heterocycles. The first-order valence-electron chi connectivity index (χ1n) is 6.46. The predicted octanol–water partition coefficient (Wildman–Crippen LogP) is 2.09. The normalized spacial score (nSPS) is 16.7. The molecule has 2 rings (SSSR count). The zero-order valence-electron chi connectivity index (χ0n) is 11.3. The Bertz CT molecular complexity index is 489. The number of hydrogen-bond donors (Lipinski definition) is 2. The van der Waals surface area contributed by atoms with E-state index in [9.17, 15) is 9.59 Å². The molecule has 1 saturated carbocycles. The van der Waals surface area contributed by atoms with Gasteiger partial charge in [0.15, 0.2) is 0 Å². The van der Waals surface area contributed by atoms with Gasteiger partial charge >= 0.3 is 5.97 Å². The van der Waals surface area contributed by atoms with Gasteiger partial charge in [0, 0.05) is 6.42 Å². The van der Waals surface area contributed by atoms with Crippen LogP contribution in [-0.4, -0.2) is 22.5 Å². The molecular formula is C15H19NO3. The highest BCUT2D eigenvalue weighted by molar-refractivity contribution is 5.89. The van der Waals surface area contributed by atoms with E-state index < -0.39 is 11.5 Å². The van der Waals surface area contributed by atoms with Crippen molar-refractivity contribution in [1.82, 2.24) is 5.32 Å². The minimum atomic E-state index is -0.996. The number of aliphatic carboxylic acids is 1. The van der Waals surface area contributed by atoms with Gasteiger partial charge in [0.05, 0.1) is 0 Å². The summed E-state index contributed by atoms with van der Waals surface area (Å²) in [4.78, 5) is 23.1. The summed E-state index contributed by atoms with van der Waals surface area (Å²) in [6.45, 7) is 3.98. The Morgan fingerprint density at radius 1 is 1.26 bits per heavy atom. The van der Waals surface area contributed by atoms with Gasteiger partial charge in [0.2, 0.25) is 5.91 Å². The average molecular weight is 261 g/mol. The van der Waals surface area contributed by atoms with Crippen LogP contribution in [0.25, 0.3) is 0 Å². The topological polar surface area (TPSA) is 66.4 Å². The molecule has 0 heterocycles. The molecule has 1 aromatic carbocycles. The SMILES string of the molecule is CC(C)(CC(=O)NC1(C(=O)O)CC1)c1ccccc1. The van der Waals surface area contributed by atoms with Crippen LogP contribution in [0.4, 0.5) is 0 Å². The summed E-state index contributed by atoms with van der Waals surface area (Å²) in [5, 5.41) is 11.7. The highest BCUT2D eigenvalue weighted by Gasteiger charge is 2.51. The smallest absolute Gasteiger partial charge is 0.329 e. The number of rotatable bonds is 5. The zero-order valence-corrected chi connectivity index (χ0v) is 11.3. The molecule has 4 heteroatoms. The van der Waals surface area contributed by atoms with E-state index in [1.165, 1.54) is 0 Å². The summed E-state index contributed by atoms with van der Waals surface area (Å²) in [7, 11) is 0. The van der Waals surface area contributed by atoms with Gasteiger partial charge in [-0.1, -0.05) is 44.2 Å². The maximum Gasteiger partial charge on any atom is 0.329 e. The van der Waals surface area contributed by atoms with Gasteiger partial charge in [-0.25, -0.2) is 4.79 Å². The number of carboxylic acids is 1. The fourth-order valence-corrected chi connectivity index (χ4v) is 2.22. The monoisotopic (exact) mass is 261 g/mol. The Balaban J connectivity index is 2.01. The molecule has 19 heavy (non-hydrogen) atoms. The molecule has 1 fully saturated rings. The predicted molar refractivity (Wildman–Crippen MR) is 71.8 cm³/mol. The van der Waals surface area contributed by atoms with Crippen LogP contribution in [0.5, 0.6) is 0 Å². The molecule has 0 bridgehead atoms. The maximum absolute atomic E-state index is 12.0. The zero-order chi connectivity index (χ0) is 14.1. The van der Waals surface area contributed by atoms with Crippen LogP contribution < -0.4 is 5.32 Å². The third-order valence-electron chi connectivity index (χ3n) is 3.70. The lowest BCUT2D eigenvalue weighted by Crippen LogP contribution is -2.44. The molecule has 0 unspecified atom stereocenters. The summed E-state index contributed by atoms with van der Waals surface area (Å²) >= 11 is 0. The molecule has 0 spiro atoms. The Labute approximate surface area is 112 Å². The molecule has 1 aliphatic rings. The van der Waals surface area contributed by atoms with Gasteiger partial charge < -0.3 is 10.4 Å². The fraction of sp³-hybridized carbons (Fsp3) is 0.467. The Morgan fingerprint density at radius 2 is 1.84 bits per heavy atom. The second-order valence-corrected chi connectivity index (χ2v) is 5.86. The summed E-state index contributed by atoms with van der Waals surface area (Å²) in [5.41, 5.74) is -0.227. The number of carbonyl (C=O) groups excluding carboxylic acids is 1. The number of nitrogens with one attached hydrogen (secondary N) is 1. The highest BCUT2D eigenvalue weighted by Crippen LogP contribution is 2.36.